The third kappa shape index (κ3) is 5.45. The summed E-state index contributed by atoms with van der Waals surface area (Å²) in [5.74, 6) is -1.98. The van der Waals surface area contributed by atoms with Gasteiger partial charge < -0.3 is 28.8 Å². The molecule has 9 heteroatoms. The summed E-state index contributed by atoms with van der Waals surface area (Å²) in [7, 11) is 0. The van der Waals surface area contributed by atoms with Gasteiger partial charge in [0.2, 0.25) is 0 Å². The van der Waals surface area contributed by atoms with Crippen LogP contribution in [0.2, 0.25) is 0 Å². The summed E-state index contributed by atoms with van der Waals surface area (Å²) in [6, 6.07) is 0. The molecule has 0 aromatic carbocycles. The summed E-state index contributed by atoms with van der Waals surface area (Å²) < 4.78 is 26.2. The third-order valence-corrected chi connectivity index (χ3v) is 3.01. The van der Waals surface area contributed by atoms with Crippen LogP contribution >= 0.6 is 0 Å². The van der Waals surface area contributed by atoms with Gasteiger partial charge in [-0.05, 0) is 6.92 Å². The maximum atomic E-state index is 11.4. The molecule has 1 aliphatic rings. The van der Waals surface area contributed by atoms with E-state index >= 15 is 0 Å². The number of aliphatic hydroxyl groups is 1. The van der Waals surface area contributed by atoms with E-state index in [2.05, 4.69) is 0 Å². The van der Waals surface area contributed by atoms with Gasteiger partial charge in [0.25, 0.3) is 0 Å². The van der Waals surface area contributed by atoms with E-state index in [1.165, 1.54) is 6.92 Å². The number of aliphatic hydroxyl groups excluding tert-OH is 1. The van der Waals surface area contributed by atoms with Crippen LogP contribution in [-0.2, 0) is 38.1 Å². The SMILES string of the molecule is CCO[C@@H]1O[C@H](CO)[C@@H](OC(C)=O)[C@H](OC(C)=O)[C@H]1OC(C)=O. The van der Waals surface area contributed by atoms with Crippen molar-refractivity contribution < 1.29 is 43.2 Å². The second-order valence-electron chi connectivity index (χ2n) is 4.90. The van der Waals surface area contributed by atoms with E-state index in [0.29, 0.717) is 0 Å². The van der Waals surface area contributed by atoms with Crippen LogP contribution in [0.4, 0.5) is 0 Å². The molecule has 1 aliphatic heterocycles. The van der Waals surface area contributed by atoms with Gasteiger partial charge in [-0.25, -0.2) is 0 Å². The Morgan fingerprint density at radius 2 is 1.39 bits per heavy atom. The molecule has 1 saturated heterocycles. The zero-order chi connectivity index (χ0) is 17.6. The van der Waals surface area contributed by atoms with Crippen molar-refractivity contribution in [3.8, 4) is 0 Å². The Kier molecular flexibility index (Phi) is 7.40. The second kappa shape index (κ2) is 8.80. The number of rotatable bonds is 6. The number of carbonyl (C=O) groups is 3. The van der Waals surface area contributed by atoms with E-state index in [-0.39, 0.29) is 6.61 Å². The highest BCUT2D eigenvalue weighted by Gasteiger charge is 2.52. The summed E-state index contributed by atoms with van der Waals surface area (Å²) in [6.45, 7) is 4.91. The normalized spacial score (nSPS) is 30.4. The lowest BCUT2D eigenvalue weighted by atomic mass is 9.98. The highest BCUT2D eigenvalue weighted by Crippen LogP contribution is 2.29. The van der Waals surface area contributed by atoms with Crippen molar-refractivity contribution in [3.63, 3.8) is 0 Å². The Hall–Kier alpha value is -1.71. The minimum absolute atomic E-state index is 0.228. The molecule has 0 aromatic heterocycles. The average molecular weight is 334 g/mol. The fourth-order valence-corrected chi connectivity index (χ4v) is 2.30. The van der Waals surface area contributed by atoms with Crippen molar-refractivity contribution in [3.05, 3.63) is 0 Å². The van der Waals surface area contributed by atoms with Gasteiger partial charge in [-0.1, -0.05) is 0 Å². The molecule has 0 saturated carbocycles. The number of carbonyl (C=O) groups excluding carboxylic acids is 3. The van der Waals surface area contributed by atoms with Crippen LogP contribution in [0.3, 0.4) is 0 Å². The summed E-state index contributed by atoms with van der Waals surface area (Å²) in [6.07, 6.45) is -5.50. The van der Waals surface area contributed by atoms with Crippen LogP contribution < -0.4 is 0 Å². The first-order chi connectivity index (χ1) is 10.8. The Labute approximate surface area is 133 Å². The highest BCUT2D eigenvalue weighted by molar-refractivity contribution is 5.68. The van der Waals surface area contributed by atoms with Gasteiger partial charge in [0.15, 0.2) is 24.6 Å². The van der Waals surface area contributed by atoms with Crippen LogP contribution in [0.1, 0.15) is 27.7 Å². The van der Waals surface area contributed by atoms with Gasteiger partial charge in [0, 0.05) is 27.4 Å². The summed E-state index contributed by atoms with van der Waals surface area (Å²) in [5, 5.41) is 9.46. The molecule has 23 heavy (non-hydrogen) atoms. The molecule has 0 aromatic rings. The smallest absolute Gasteiger partial charge is 0.303 e. The molecule has 1 rings (SSSR count). The molecule has 132 valence electrons. The predicted molar refractivity (Wildman–Crippen MR) is 74.0 cm³/mol. The third-order valence-electron chi connectivity index (χ3n) is 3.01. The van der Waals surface area contributed by atoms with E-state index in [1.807, 2.05) is 0 Å². The molecule has 5 atom stereocenters. The van der Waals surface area contributed by atoms with Gasteiger partial charge in [0.05, 0.1) is 6.61 Å². The van der Waals surface area contributed by atoms with Crippen LogP contribution in [0.15, 0.2) is 0 Å². The fourth-order valence-electron chi connectivity index (χ4n) is 2.30. The molecule has 0 bridgehead atoms. The van der Waals surface area contributed by atoms with Crippen LogP contribution in [0.25, 0.3) is 0 Å². The second-order valence-corrected chi connectivity index (χ2v) is 4.90. The minimum atomic E-state index is -1.16. The maximum absolute atomic E-state index is 11.4. The largest absolute Gasteiger partial charge is 0.456 e. The van der Waals surface area contributed by atoms with E-state index in [4.69, 9.17) is 23.7 Å². The average Bonchev–Trinajstić information content (AvgIpc) is 2.43. The number of hydrogen-bond donors (Lipinski definition) is 1. The first kappa shape index (κ1) is 19.3. The molecule has 0 amide bonds. The number of hydrogen-bond acceptors (Lipinski definition) is 9. The van der Waals surface area contributed by atoms with Gasteiger partial charge in [-0.3, -0.25) is 14.4 Å². The first-order valence-electron chi connectivity index (χ1n) is 7.19. The Bertz CT molecular complexity index is 436. The molecular weight excluding hydrogens is 312 g/mol. The van der Waals surface area contributed by atoms with Crippen molar-refractivity contribution in [2.75, 3.05) is 13.2 Å². The highest BCUT2D eigenvalue weighted by atomic mass is 16.7. The number of ether oxygens (including phenoxy) is 5. The van der Waals surface area contributed by atoms with Gasteiger partial charge >= 0.3 is 17.9 Å². The first-order valence-corrected chi connectivity index (χ1v) is 7.19. The molecular formula is C14H22O9. The summed E-state index contributed by atoms with van der Waals surface area (Å²) >= 11 is 0. The fraction of sp³-hybridized carbons (Fsp3) is 0.786. The van der Waals surface area contributed by atoms with Crippen LogP contribution in [0.5, 0.6) is 0 Å². The molecule has 0 radical (unpaired) electrons. The summed E-state index contributed by atoms with van der Waals surface area (Å²) in [5.41, 5.74) is 0. The quantitative estimate of drug-likeness (QED) is 0.508. The Morgan fingerprint density at radius 1 is 0.913 bits per heavy atom. The molecule has 0 spiro atoms. The lowest BCUT2D eigenvalue weighted by Gasteiger charge is -2.43. The summed E-state index contributed by atoms with van der Waals surface area (Å²) in [4.78, 5) is 34.0. The monoisotopic (exact) mass is 334 g/mol. The van der Waals surface area contributed by atoms with Crippen molar-refractivity contribution in [2.45, 2.75) is 58.4 Å². The van der Waals surface area contributed by atoms with Crippen molar-refractivity contribution in [1.29, 1.82) is 0 Å². The topological polar surface area (TPSA) is 118 Å². The minimum Gasteiger partial charge on any atom is -0.456 e. The Morgan fingerprint density at radius 3 is 1.83 bits per heavy atom. The maximum Gasteiger partial charge on any atom is 0.303 e. The molecule has 1 fully saturated rings. The lowest BCUT2D eigenvalue weighted by Crippen LogP contribution is -2.62. The van der Waals surface area contributed by atoms with E-state index in [9.17, 15) is 19.5 Å². The zero-order valence-electron chi connectivity index (χ0n) is 13.5. The molecule has 1 heterocycles. The van der Waals surface area contributed by atoms with Crippen LogP contribution in [-0.4, -0.2) is 66.9 Å². The molecule has 0 aliphatic carbocycles. The van der Waals surface area contributed by atoms with E-state index in [1.54, 1.807) is 6.92 Å². The molecule has 9 nitrogen and oxygen atoms in total. The number of esters is 3. The van der Waals surface area contributed by atoms with Gasteiger partial charge in [-0.2, -0.15) is 0 Å². The predicted octanol–water partition coefficient (Wildman–Crippen LogP) is -0.465. The molecule has 0 unspecified atom stereocenters. The van der Waals surface area contributed by atoms with E-state index in [0.717, 1.165) is 13.8 Å². The Balaban J connectivity index is 3.16. The van der Waals surface area contributed by atoms with Gasteiger partial charge in [-0.15, -0.1) is 0 Å². The lowest BCUT2D eigenvalue weighted by molar-refractivity contribution is -0.306. The van der Waals surface area contributed by atoms with Gasteiger partial charge in [0.1, 0.15) is 6.10 Å². The van der Waals surface area contributed by atoms with Crippen LogP contribution in [0, 0.1) is 0 Å². The zero-order valence-corrected chi connectivity index (χ0v) is 13.5. The standard InChI is InChI=1S/C14H22O9/c1-5-19-14-13(22-9(4)18)12(21-8(3)17)11(20-7(2)16)10(6-15)23-14/h10-15H,5-6H2,1-4H3/t10-,11-,12+,13-,14-/m1/s1. The van der Waals surface area contributed by atoms with Crippen molar-refractivity contribution >= 4 is 17.9 Å². The van der Waals surface area contributed by atoms with Crippen molar-refractivity contribution in [2.24, 2.45) is 0 Å². The van der Waals surface area contributed by atoms with Crippen molar-refractivity contribution in [1.82, 2.24) is 0 Å². The van der Waals surface area contributed by atoms with E-state index < -0.39 is 55.2 Å². The molecule has 1 N–H and O–H groups in total.